The zero-order valence-electron chi connectivity index (χ0n) is 8.43. The van der Waals surface area contributed by atoms with Gasteiger partial charge in [-0.2, -0.15) is 0 Å². The van der Waals surface area contributed by atoms with Crippen LogP contribution >= 0.6 is 0 Å². The Morgan fingerprint density at radius 3 is 1.60 bits per heavy atom. The first-order valence-corrected chi connectivity index (χ1v) is 3.63. The Hall–Kier alpha value is -0.540. The first kappa shape index (κ1) is 19.9. The van der Waals surface area contributed by atoms with E-state index in [0.29, 0.717) is 0 Å². The van der Waals surface area contributed by atoms with Crippen LogP contribution in [0.3, 0.4) is 0 Å². The number of carbonyl (C=O) groups is 2. The second-order valence-electron chi connectivity index (χ2n) is 1.97. The van der Waals surface area contributed by atoms with E-state index in [9.17, 15) is 0 Å². The summed E-state index contributed by atoms with van der Waals surface area (Å²) in [4.78, 5) is 17.2. The summed E-state index contributed by atoms with van der Waals surface area (Å²) >= 11 is 0. The first-order chi connectivity index (χ1) is 6.46. The van der Waals surface area contributed by atoms with Crippen LogP contribution in [0.5, 0.6) is 0 Å². The van der Waals surface area contributed by atoms with Crippen molar-refractivity contribution >= 4 is 12.2 Å². The summed E-state index contributed by atoms with van der Waals surface area (Å²) < 4.78 is 5.01. The van der Waals surface area contributed by atoms with Gasteiger partial charge in [0.15, 0.2) is 0 Å². The minimum atomic E-state index is -2.08. The van der Waals surface area contributed by atoms with Crippen molar-refractivity contribution in [3.63, 3.8) is 0 Å². The number of nitrogens with two attached hydrogens (primary N) is 1. The van der Waals surface area contributed by atoms with Crippen molar-refractivity contribution in [1.29, 1.82) is 0 Å². The summed E-state index contributed by atoms with van der Waals surface area (Å²) in [6.07, 6.45) is -3.42. The minimum absolute atomic E-state index is 0. The van der Waals surface area contributed by atoms with Crippen LogP contribution in [0.2, 0.25) is 0 Å². The van der Waals surface area contributed by atoms with Crippen LogP contribution in [0.4, 0.5) is 9.59 Å². The fourth-order valence-corrected chi connectivity index (χ4v) is 0.516. The first-order valence-electron chi connectivity index (χ1n) is 3.63. The standard InChI is InChI=1S/C4H9NO.CH3NO2.CH2O3.Na/c1-3-6-4-2-5-1;2*2-1(3)4;/h5H,1-4H2;2H2,(H,3,4);(H2,2,3,4);/q;;;+1/p-1. The van der Waals surface area contributed by atoms with Gasteiger partial charge in [0.2, 0.25) is 6.16 Å². The molecule has 0 aromatic heterocycles. The Bertz CT molecular complexity index is 132. The smallest absolute Gasteiger partial charge is 0.565 e. The molecule has 0 aliphatic carbocycles. The number of ether oxygens (including phenoxy) is 1. The number of rotatable bonds is 0. The third-order valence-corrected chi connectivity index (χ3v) is 0.846. The van der Waals surface area contributed by atoms with Gasteiger partial charge in [0.25, 0.3) is 0 Å². The SMILES string of the molecule is C1COCCN1.NC(=O)O.O=C([O-])O.[Na+]. The maximum atomic E-state index is 8.78. The average molecular weight is 232 g/mol. The van der Waals surface area contributed by atoms with Crippen LogP contribution in [0.15, 0.2) is 0 Å². The summed E-state index contributed by atoms with van der Waals surface area (Å²) in [5.41, 5.74) is 4.03. The Morgan fingerprint density at radius 2 is 1.53 bits per heavy atom. The van der Waals surface area contributed by atoms with Gasteiger partial charge in [0.05, 0.1) is 13.2 Å². The molecule has 0 atom stereocenters. The molecule has 0 radical (unpaired) electrons. The minimum Gasteiger partial charge on any atom is -0.565 e. The molecular weight excluding hydrogens is 219 g/mol. The van der Waals surface area contributed by atoms with Crippen LogP contribution in [0.1, 0.15) is 0 Å². The molecule has 1 heterocycles. The fraction of sp³-hybridized carbons (Fsp3) is 0.667. The molecule has 1 aliphatic heterocycles. The average Bonchev–Trinajstić information content (AvgIpc) is 2.05. The predicted molar refractivity (Wildman–Crippen MR) is 43.9 cm³/mol. The van der Waals surface area contributed by atoms with Crippen LogP contribution in [-0.2, 0) is 4.74 Å². The van der Waals surface area contributed by atoms with Gasteiger partial charge in [0, 0.05) is 13.1 Å². The van der Waals surface area contributed by atoms with Crippen molar-refractivity contribution in [1.82, 2.24) is 5.32 Å². The molecule has 0 unspecified atom stereocenters. The molecule has 9 heteroatoms. The van der Waals surface area contributed by atoms with Crippen molar-refractivity contribution in [2.75, 3.05) is 26.3 Å². The summed E-state index contributed by atoms with van der Waals surface area (Å²) in [7, 11) is 0. The van der Waals surface area contributed by atoms with E-state index >= 15 is 0 Å². The second-order valence-corrected chi connectivity index (χ2v) is 1.97. The molecule has 1 saturated heterocycles. The van der Waals surface area contributed by atoms with Crippen molar-refractivity contribution in [2.45, 2.75) is 0 Å². The summed E-state index contributed by atoms with van der Waals surface area (Å²) in [5.74, 6) is 0. The molecule has 0 bridgehead atoms. The molecule has 84 valence electrons. The molecule has 1 aliphatic rings. The van der Waals surface area contributed by atoms with Crippen molar-refractivity contribution in [2.24, 2.45) is 5.73 Å². The number of amides is 1. The summed E-state index contributed by atoms with van der Waals surface area (Å²) in [6.45, 7) is 3.83. The topological polar surface area (TPSA) is 145 Å². The van der Waals surface area contributed by atoms with E-state index in [1.165, 1.54) is 0 Å². The largest absolute Gasteiger partial charge is 1.00 e. The monoisotopic (exact) mass is 232 g/mol. The summed E-state index contributed by atoms with van der Waals surface area (Å²) in [5, 5.41) is 25.7. The van der Waals surface area contributed by atoms with Gasteiger partial charge in [-0.15, -0.1) is 0 Å². The van der Waals surface area contributed by atoms with Gasteiger partial charge in [-0.05, 0) is 0 Å². The summed E-state index contributed by atoms with van der Waals surface area (Å²) in [6, 6.07) is 0. The van der Waals surface area contributed by atoms with E-state index in [4.69, 9.17) is 29.6 Å². The van der Waals surface area contributed by atoms with Gasteiger partial charge in [-0.3, -0.25) is 0 Å². The van der Waals surface area contributed by atoms with Crippen LogP contribution < -0.4 is 45.7 Å². The van der Waals surface area contributed by atoms with E-state index in [-0.39, 0.29) is 29.6 Å². The molecule has 15 heavy (non-hydrogen) atoms. The Morgan fingerprint density at radius 1 is 1.27 bits per heavy atom. The van der Waals surface area contributed by atoms with Crippen LogP contribution in [-0.4, -0.2) is 48.8 Å². The molecule has 1 rings (SSSR count). The number of nitrogens with one attached hydrogen (secondary N) is 1. The maximum absolute atomic E-state index is 8.78. The number of carboxylic acid groups (broad SMARTS) is 3. The third kappa shape index (κ3) is 59.3. The molecule has 1 amide bonds. The maximum Gasteiger partial charge on any atom is 1.00 e. The van der Waals surface area contributed by atoms with E-state index in [1.54, 1.807) is 0 Å². The normalized spacial score (nSPS) is 12.8. The Labute approximate surface area is 109 Å². The van der Waals surface area contributed by atoms with Crippen LogP contribution in [0, 0.1) is 0 Å². The number of hydrogen-bond donors (Lipinski definition) is 4. The Kier molecular flexibility index (Phi) is 21.2. The molecule has 0 aromatic rings. The molecular formula is C6H13N2NaO6. The number of morpholine rings is 1. The molecule has 0 aromatic carbocycles. The second kappa shape index (κ2) is 15.9. The van der Waals surface area contributed by atoms with Crippen molar-refractivity contribution in [3.8, 4) is 0 Å². The van der Waals surface area contributed by atoms with E-state index in [1.807, 2.05) is 0 Å². The van der Waals surface area contributed by atoms with E-state index < -0.39 is 12.2 Å². The van der Waals surface area contributed by atoms with Gasteiger partial charge >= 0.3 is 35.7 Å². The van der Waals surface area contributed by atoms with Gasteiger partial charge in [0.1, 0.15) is 0 Å². The van der Waals surface area contributed by atoms with E-state index in [0.717, 1.165) is 26.3 Å². The quantitative estimate of drug-likeness (QED) is 0.306. The molecule has 1 fully saturated rings. The third-order valence-electron chi connectivity index (χ3n) is 0.846. The Balaban J connectivity index is -0.000000145. The molecule has 0 saturated carbocycles. The molecule has 0 spiro atoms. The van der Waals surface area contributed by atoms with Gasteiger partial charge < -0.3 is 35.9 Å². The van der Waals surface area contributed by atoms with E-state index in [2.05, 4.69) is 11.1 Å². The molecule has 5 N–H and O–H groups in total. The predicted octanol–water partition coefficient (Wildman–Crippen LogP) is -4.88. The number of primary amides is 1. The van der Waals surface area contributed by atoms with Gasteiger partial charge in [-0.25, -0.2) is 4.79 Å². The molecule has 8 nitrogen and oxygen atoms in total. The fourth-order valence-electron chi connectivity index (χ4n) is 0.516. The van der Waals surface area contributed by atoms with Crippen molar-refractivity contribution in [3.05, 3.63) is 0 Å². The van der Waals surface area contributed by atoms with Crippen molar-refractivity contribution < 1.29 is 59.2 Å². The number of hydrogen-bond acceptors (Lipinski definition) is 5. The van der Waals surface area contributed by atoms with Gasteiger partial charge in [-0.1, -0.05) is 0 Å². The zero-order valence-corrected chi connectivity index (χ0v) is 10.4. The zero-order chi connectivity index (χ0) is 11.4. The van der Waals surface area contributed by atoms with Crippen LogP contribution in [0.25, 0.3) is 0 Å².